The van der Waals surface area contributed by atoms with Gasteiger partial charge in [-0.25, -0.2) is 18.3 Å². The van der Waals surface area contributed by atoms with Crippen molar-refractivity contribution in [1.29, 1.82) is 0 Å². The maximum Gasteiger partial charge on any atom is 0.414 e. The Kier molecular flexibility index (Phi) is 6.15. The molecule has 2 aliphatic heterocycles. The van der Waals surface area contributed by atoms with Gasteiger partial charge in [0.1, 0.15) is 11.8 Å². The number of halogens is 4. The molecule has 0 bridgehead atoms. The normalized spacial score (nSPS) is 19.5. The van der Waals surface area contributed by atoms with Crippen LogP contribution < -0.4 is 15.1 Å². The number of amides is 2. The second kappa shape index (κ2) is 9.01. The highest BCUT2D eigenvalue weighted by Crippen LogP contribution is 2.33. The summed E-state index contributed by atoms with van der Waals surface area (Å²) in [5.74, 6) is -3.16. The average Bonchev–Trinajstić information content (AvgIpc) is 3.42. The van der Waals surface area contributed by atoms with Crippen molar-refractivity contribution in [3.8, 4) is 0 Å². The monoisotopic (exact) mass is 456 g/mol. The summed E-state index contributed by atoms with van der Waals surface area (Å²) in [6.45, 7) is 0.337. The van der Waals surface area contributed by atoms with Gasteiger partial charge < -0.3 is 15.0 Å². The van der Waals surface area contributed by atoms with Crippen LogP contribution in [0.5, 0.6) is 0 Å². The Hall–Kier alpha value is -3.38. The summed E-state index contributed by atoms with van der Waals surface area (Å²) >= 11 is 0. The number of carbonyl (C=O) groups is 2. The summed E-state index contributed by atoms with van der Waals surface area (Å²) in [6, 6.07) is 2.16. The molecule has 13 heteroatoms. The first-order valence-electron chi connectivity index (χ1n) is 9.97. The van der Waals surface area contributed by atoms with Crippen LogP contribution in [-0.4, -0.2) is 65.7 Å². The van der Waals surface area contributed by atoms with Crippen molar-refractivity contribution in [2.45, 2.75) is 31.4 Å². The molecule has 2 amide bonds. The minimum atomic E-state index is -3.19. The molecule has 2 fully saturated rings. The Morgan fingerprint density at radius 3 is 2.50 bits per heavy atom. The standard InChI is InChI=1S/C19H20F4N6O3/c20-14-7-12(28-10-13(32-19(28)31)9-24-18(30)17(22)23)8-15(21)16(14)27-4-1-11(2-5-27)29-6-3-25-26-29/h3,6-8,11,13,17H,1-2,4-5,9-10H2,(H,24,30). The fraction of sp³-hybridized carbons (Fsp3) is 0.474. The number of alkyl halides is 2. The van der Waals surface area contributed by atoms with E-state index in [-0.39, 0.29) is 30.5 Å². The topological polar surface area (TPSA) is 92.6 Å². The van der Waals surface area contributed by atoms with Gasteiger partial charge in [-0.15, -0.1) is 5.10 Å². The molecular formula is C19H20F4N6O3. The number of benzene rings is 1. The lowest BCUT2D eigenvalue weighted by molar-refractivity contribution is -0.132. The van der Waals surface area contributed by atoms with Gasteiger partial charge in [-0.1, -0.05) is 5.21 Å². The van der Waals surface area contributed by atoms with Crippen LogP contribution in [0, 0.1) is 11.6 Å². The highest BCUT2D eigenvalue weighted by Gasteiger charge is 2.34. The number of carbonyl (C=O) groups excluding carboxylic acids is 2. The van der Waals surface area contributed by atoms with Gasteiger partial charge in [-0.2, -0.15) is 8.78 Å². The van der Waals surface area contributed by atoms with Crippen molar-refractivity contribution < 1.29 is 31.9 Å². The molecule has 0 radical (unpaired) electrons. The number of nitrogens with zero attached hydrogens (tertiary/aromatic N) is 5. The molecule has 1 aromatic carbocycles. The van der Waals surface area contributed by atoms with E-state index in [1.807, 2.05) is 5.32 Å². The van der Waals surface area contributed by atoms with E-state index in [1.54, 1.807) is 22.0 Å². The first-order valence-corrected chi connectivity index (χ1v) is 9.97. The molecule has 2 aromatic rings. The van der Waals surface area contributed by atoms with Crippen molar-refractivity contribution in [3.63, 3.8) is 0 Å². The summed E-state index contributed by atoms with van der Waals surface area (Å²) in [4.78, 5) is 25.7. The van der Waals surface area contributed by atoms with Gasteiger partial charge in [0.15, 0.2) is 11.6 Å². The Labute approximate surface area is 179 Å². The minimum absolute atomic E-state index is 0.0612. The molecule has 2 aliphatic rings. The van der Waals surface area contributed by atoms with E-state index < -0.39 is 36.2 Å². The van der Waals surface area contributed by atoms with Gasteiger partial charge in [-0.3, -0.25) is 9.69 Å². The van der Waals surface area contributed by atoms with Crippen LogP contribution in [0.15, 0.2) is 24.5 Å². The Bertz CT molecular complexity index is 958. The van der Waals surface area contributed by atoms with E-state index in [0.717, 1.165) is 17.0 Å². The molecule has 3 heterocycles. The van der Waals surface area contributed by atoms with Gasteiger partial charge in [0.2, 0.25) is 0 Å². The Morgan fingerprint density at radius 1 is 1.22 bits per heavy atom. The lowest BCUT2D eigenvalue weighted by Gasteiger charge is -2.34. The lowest BCUT2D eigenvalue weighted by Crippen LogP contribution is -2.37. The van der Waals surface area contributed by atoms with Crippen molar-refractivity contribution in [2.75, 3.05) is 36.0 Å². The van der Waals surface area contributed by atoms with Gasteiger partial charge in [-0.05, 0) is 12.8 Å². The van der Waals surface area contributed by atoms with Gasteiger partial charge in [0.05, 0.1) is 31.0 Å². The maximum absolute atomic E-state index is 14.9. The molecular weight excluding hydrogens is 436 g/mol. The van der Waals surface area contributed by atoms with E-state index in [2.05, 4.69) is 10.3 Å². The van der Waals surface area contributed by atoms with Gasteiger partial charge >= 0.3 is 12.5 Å². The summed E-state index contributed by atoms with van der Waals surface area (Å²) in [5.41, 5.74) is -0.243. The largest absolute Gasteiger partial charge is 0.442 e. The lowest BCUT2D eigenvalue weighted by atomic mass is 10.0. The van der Waals surface area contributed by atoms with Gasteiger partial charge in [0, 0.05) is 31.4 Å². The number of anilines is 2. The second-order valence-electron chi connectivity index (χ2n) is 7.52. The second-order valence-corrected chi connectivity index (χ2v) is 7.52. The third-order valence-corrected chi connectivity index (χ3v) is 5.49. The van der Waals surface area contributed by atoms with Crippen LogP contribution in [0.1, 0.15) is 18.9 Å². The molecule has 1 unspecified atom stereocenters. The molecule has 0 aliphatic carbocycles. The van der Waals surface area contributed by atoms with Crippen LogP contribution >= 0.6 is 0 Å². The highest BCUT2D eigenvalue weighted by atomic mass is 19.3. The van der Waals surface area contributed by atoms with Crippen LogP contribution in [0.4, 0.5) is 33.7 Å². The molecule has 172 valence electrons. The molecule has 9 nitrogen and oxygen atoms in total. The number of cyclic esters (lactones) is 1. The first-order chi connectivity index (χ1) is 15.3. The number of hydrogen-bond acceptors (Lipinski definition) is 6. The number of rotatable bonds is 6. The highest BCUT2D eigenvalue weighted by molar-refractivity contribution is 5.90. The third-order valence-electron chi connectivity index (χ3n) is 5.49. The average molecular weight is 456 g/mol. The fourth-order valence-electron chi connectivity index (χ4n) is 3.91. The smallest absolute Gasteiger partial charge is 0.414 e. The molecule has 4 rings (SSSR count). The third kappa shape index (κ3) is 4.46. The summed E-state index contributed by atoms with van der Waals surface area (Å²) in [6.07, 6.45) is -0.417. The predicted octanol–water partition coefficient (Wildman–Crippen LogP) is 2.10. The van der Waals surface area contributed by atoms with E-state index in [9.17, 15) is 27.2 Å². The van der Waals surface area contributed by atoms with E-state index in [0.29, 0.717) is 25.9 Å². The predicted molar refractivity (Wildman–Crippen MR) is 103 cm³/mol. The van der Waals surface area contributed by atoms with Crippen molar-refractivity contribution in [2.24, 2.45) is 0 Å². The van der Waals surface area contributed by atoms with E-state index in [1.165, 1.54) is 0 Å². The molecule has 1 aromatic heterocycles. The number of hydrogen-bond donors (Lipinski definition) is 1. The van der Waals surface area contributed by atoms with Crippen molar-refractivity contribution in [1.82, 2.24) is 20.3 Å². The molecule has 32 heavy (non-hydrogen) atoms. The zero-order valence-corrected chi connectivity index (χ0v) is 16.8. The fourth-order valence-corrected chi connectivity index (χ4v) is 3.91. The van der Waals surface area contributed by atoms with E-state index >= 15 is 0 Å². The molecule has 2 saturated heterocycles. The number of ether oxygens (including phenoxy) is 1. The Morgan fingerprint density at radius 2 is 1.91 bits per heavy atom. The number of nitrogens with one attached hydrogen (secondary N) is 1. The minimum Gasteiger partial charge on any atom is -0.442 e. The Balaban J connectivity index is 1.42. The molecule has 0 saturated carbocycles. The van der Waals surface area contributed by atoms with Crippen molar-refractivity contribution >= 4 is 23.4 Å². The van der Waals surface area contributed by atoms with E-state index in [4.69, 9.17) is 4.74 Å². The molecule has 1 N–H and O–H groups in total. The molecule has 1 atom stereocenters. The SMILES string of the molecule is O=C(NCC1CN(c2cc(F)c(N3CCC(n4ccnn4)CC3)c(F)c2)C(=O)O1)C(F)F. The first kappa shape index (κ1) is 21.8. The van der Waals surface area contributed by atoms with Gasteiger partial charge in [0.25, 0.3) is 5.91 Å². The van der Waals surface area contributed by atoms with Crippen LogP contribution in [0.3, 0.4) is 0 Å². The zero-order valence-electron chi connectivity index (χ0n) is 16.8. The summed E-state index contributed by atoms with van der Waals surface area (Å²) < 4.78 is 61.0. The maximum atomic E-state index is 14.9. The number of aromatic nitrogens is 3. The summed E-state index contributed by atoms with van der Waals surface area (Å²) in [5, 5.41) is 9.68. The molecule has 0 spiro atoms. The van der Waals surface area contributed by atoms with Crippen molar-refractivity contribution in [3.05, 3.63) is 36.2 Å². The number of piperidine rings is 1. The quantitative estimate of drug-likeness (QED) is 0.670. The van der Waals surface area contributed by atoms with Crippen LogP contribution in [0.25, 0.3) is 0 Å². The van der Waals surface area contributed by atoms with Crippen LogP contribution in [-0.2, 0) is 9.53 Å². The van der Waals surface area contributed by atoms with Crippen LogP contribution in [0.2, 0.25) is 0 Å². The summed E-state index contributed by atoms with van der Waals surface area (Å²) in [7, 11) is 0. The zero-order chi connectivity index (χ0) is 22.8.